The largest absolute Gasteiger partial charge is 0.352 e. The van der Waals surface area contributed by atoms with Crippen molar-refractivity contribution in [2.24, 2.45) is 0 Å². The lowest BCUT2D eigenvalue weighted by molar-refractivity contribution is 0.0953. The first-order valence-electron chi connectivity index (χ1n) is 8.53. The summed E-state index contributed by atoms with van der Waals surface area (Å²) in [6.45, 7) is 2.98. The summed E-state index contributed by atoms with van der Waals surface area (Å²) < 4.78 is 27.7. The Bertz CT molecular complexity index is 878. The number of nitrogens with zero attached hydrogens (tertiary/aromatic N) is 1. The van der Waals surface area contributed by atoms with Crippen LogP contribution in [-0.2, 0) is 16.4 Å². The molecule has 1 amide bonds. The molecule has 1 heterocycles. The van der Waals surface area contributed by atoms with Crippen molar-refractivity contribution >= 4 is 21.6 Å². The van der Waals surface area contributed by atoms with Gasteiger partial charge in [0.1, 0.15) is 0 Å². The number of fused-ring (bicyclic) bond motifs is 1. The average molecular weight is 358 g/mol. The Hall–Kier alpha value is -2.34. The number of amides is 1. The SMILES string of the molecule is CCCNC(=O)c1cccc(S(=O)(=O)N2CCCc3ccccc32)c1. The number of rotatable bonds is 5. The molecule has 0 unspecified atom stereocenters. The zero-order chi connectivity index (χ0) is 17.9. The first-order valence-corrected chi connectivity index (χ1v) is 9.97. The minimum absolute atomic E-state index is 0.147. The molecule has 3 rings (SSSR count). The maximum Gasteiger partial charge on any atom is 0.264 e. The van der Waals surface area contributed by atoms with Crippen molar-refractivity contribution in [1.29, 1.82) is 0 Å². The molecule has 1 aliphatic heterocycles. The molecule has 0 atom stereocenters. The fraction of sp³-hybridized carbons (Fsp3) is 0.316. The molecular weight excluding hydrogens is 336 g/mol. The van der Waals surface area contributed by atoms with Gasteiger partial charge in [-0.15, -0.1) is 0 Å². The van der Waals surface area contributed by atoms with E-state index in [1.807, 2.05) is 31.2 Å². The highest BCUT2D eigenvalue weighted by Gasteiger charge is 2.29. The van der Waals surface area contributed by atoms with Gasteiger partial charge in [-0.05, 0) is 49.1 Å². The van der Waals surface area contributed by atoms with Gasteiger partial charge in [-0.25, -0.2) is 8.42 Å². The number of aryl methyl sites for hydroxylation is 1. The van der Waals surface area contributed by atoms with Crippen molar-refractivity contribution in [3.05, 3.63) is 59.7 Å². The van der Waals surface area contributed by atoms with E-state index in [1.54, 1.807) is 18.2 Å². The second kappa shape index (κ2) is 7.27. The van der Waals surface area contributed by atoms with Crippen LogP contribution in [0.2, 0.25) is 0 Å². The number of benzene rings is 2. The number of hydrogen-bond acceptors (Lipinski definition) is 3. The summed E-state index contributed by atoms with van der Waals surface area (Å²) in [6.07, 6.45) is 2.49. The summed E-state index contributed by atoms with van der Waals surface area (Å²) in [7, 11) is -3.70. The van der Waals surface area contributed by atoms with Crippen molar-refractivity contribution in [2.75, 3.05) is 17.4 Å². The molecule has 5 nitrogen and oxygen atoms in total. The van der Waals surface area contributed by atoms with Gasteiger partial charge in [0.2, 0.25) is 0 Å². The number of para-hydroxylation sites is 1. The Morgan fingerprint density at radius 1 is 1.16 bits per heavy atom. The van der Waals surface area contributed by atoms with Crippen LogP contribution in [0.3, 0.4) is 0 Å². The third-order valence-corrected chi connectivity index (χ3v) is 6.10. The van der Waals surface area contributed by atoms with Crippen molar-refractivity contribution in [3.63, 3.8) is 0 Å². The quantitative estimate of drug-likeness (QED) is 0.893. The van der Waals surface area contributed by atoms with E-state index in [1.165, 1.54) is 10.4 Å². The number of hydrogen-bond donors (Lipinski definition) is 1. The predicted octanol–water partition coefficient (Wildman–Crippen LogP) is 2.97. The molecule has 0 saturated carbocycles. The normalized spacial score (nSPS) is 14.0. The van der Waals surface area contributed by atoms with Crippen LogP contribution in [0.1, 0.15) is 35.7 Å². The zero-order valence-electron chi connectivity index (χ0n) is 14.2. The Morgan fingerprint density at radius 3 is 2.76 bits per heavy atom. The number of nitrogens with one attached hydrogen (secondary N) is 1. The minimum Gasteiger partial charge on any atom is -0.352 e. The molecule has 0 fully saturated rings. The molecule has 1 aliphatic rings. The van der Waals surface area contributed by atoms with Gasteiger partial charge in [0.15, 0.2) is 0 Å². The van der Waals surface area contributed by atoms with E-state index >= 15 is 0 Å². The van der Waals surface area contributed by atoms with Crippen LogP contribution in [0.5, 0.6) is 0 Å². The van der Waals surface area contributed by atoms with Gasteiger partial charge < -0.3 is 5.32 Å². The molecule has 6 heteroatoms. The fourth-order valence-corrected chi connectivity index (χ4v) is 4.60. The van der Waals surface area contributed by atoms with Crippen LogP contribution >= 0.6 is 0 Å². The third kappa shape index (κ3) is 3.54. The number of sulfonamides is 1. The molecule has 0 spiro atoms. The van der Waals surface area contributed by atoms with Gasteiger partial charge in [0, 0.05) is 18.7 Å². The molecule has 2 aromatic rings. The van der Waals surface area contributed by atoms with Crippen LogP contribution < -0.4 is 9.62 Å². The average Bonchev–Trinajstić information content (AvgIpc) is 2.65. The van der Waals surface area contributed by atoms with Gasteiger partial charge in [-0.2, -0.15) is 0 Å². The number of anilines is 1. The van der Waals surface area contributed by atoms with Gasteiger partial charge in [-0.3, -0.25) is 9.10 Å². The number of carbonyl (C=O) groups is 1. The summed E-state index contributed by atoms with van der Waals surface area (Å²) in [6, 6.07) is 13.8. The van der Waals surface area contributed by atoms with Crippen LogP contribution in [-0.4, -0.2) is 27.4 Å². The highest BCUT2D eigenvalue weighted by molar-refractivity contribution is 7.92. The van der Waals surface area contributed by atoms with Crippen molar-refractivity contribution in [2.45, 2.75) is 31.1 Å². The van der Waals surface area contributed by atoms with Crippen molar-refractivity contribution in [3.8, 4) is 0 Å². The molecule has 0 bridgehead atoms. The fourth-order valence-electron chi connectivity index (χ4n) is 3.01. The van der Waals surface area contributed by atoms with Crippen molar-refractivity contribution in [1.82, 2.24) is 5.32 Å². The highest BCUT2D eigenvalue weighted by atomic mass is 32.2. The van der Waals surface area contributed by atoms with E-state index in [0.29, 0.717) is 18.7 Å². The zero-order valence-corrected chi connectivity index (χ0v) is 15.1. The topological polar surface area (TPSA) is 66.5 Å². The number of carbonyl (C=O) groups excluding carboxylic acids is 1. The van der Waals surface area contributed by atoms with E-state index in [4.69, 9.17) is 0 Å². The second-order valence-electron chi connectivity index (χ2n) is 6.09. The minimum atomic E-state index is -3.70. The first-order chi connectivity index (χ1) is 12.0. The lowest BCUT2D eigenvalue weighted by atomic mass is 10.0. The molecular formula is C19H22N2O3S. The maximum atomic E-state index is 13.1. The highest BCUT2D eigenvalue weighted by Crippen LogP contribution is 2.31. The molecule has 0 saturated heterocycles. The van der Waals surface area contributed by atoms with E-state index in [9.17, 15) is 13.2 Å². The molecule has 0 aromatic heterocycles. The summed E-state index contributed by atoms with van der Waals surface area (Å²) in [5, 5.41) is 2.78. The van der Waals surface area contributed by atoms with Crippen molar-refractivity contribution < 1.29 is 13.2 Å². The van der Waals surface area contributed by atoms with Crippen LogP contribution in [0.15, 0.2) is 53.4 Å². The first kappa shape index (κ1) is 17.5. The Kier molecular flexibility index (Phi) is 5.08. The van der Waals surface area contributed by atoms with E-state index < -0.39 is 10.0 Å². The Morgan fingerprint density at radius 2 is 1.96 bits per heavy atom. The van der Waals surface area contributed by atoms with Gasteiger partial charge >= 0.3 is 0 Å². The molecule has 2 aromatic carbocycles. The third-order valence-electron chi connectivity index (χ3n) is 4.29. The van der Waals surface area contributed by atoms with E-state index in [-0.39, 0.29) is 10.8 Å². The second-order valence-corrected chi connectivity index (χ2v) is 7.96. The maximum absolute atomic E-state index is 13.1. The lowest BCUT2D eigenvalue weighted by Crippen LogP contribution is -2.35. The monoisotopic (exact) mass is 358 g/mol. The molecule has 0 aliphatic carbocycles. The molecule has 1 N–H and O–H groups in total. The van der Waals surface area contributed by atoms with Crippen LogP contribution in [0.25, 0.3) is 0 Å². The smallest absolute Gasteiger partial charge is 0.264 e. The van der Waals surface area contributed by atoms with Gasteiger partial charge in [0.05, 0.1) is 10.6 Å². The van der Waals surface area contributed by atoms with Gasteiger partial charge in [0.25, 0.3) is 15.9 Å². The van der Waals surface area contributed by atoms with E-state index in [0.717, 1.165) is 30.5 Å². The van der Waals surface area contributed by atoms with Gasteiger partial charge in [-0.1, -0.05) is 31.2 Å². The summed E-state index contributed by atoms with van der Waals surface area (Å²) in [5.41, 5.74) is 2.13. The van der Waals surface area contributed by atoms with E-state index in [2.05, 4.69) is 5.32 Å². The summed E-state index contributed by atoms with van der Waals surface area (Å²) >= 11 is 0. The Labute approximate surface area is 148 Å². The Balaban J connectivity index is 1.95. The predicted molar refractivity (Wildman–Crippen MR) is 98.4 cm³/mol. The molecule has 25 heavy (non-hydrogen) atoms. The standard InChI is InChI=1S/C19H22N2O3S/c1-2-12-20-19(22)16-8-5-10-17(14-16)25(23,24)21-13-6-9-15-7-3-4-11-18(15)21/h3-5,7-8,10-11,14H,2,6,9,12-13H2,1H3,(H,20,22). The molecule has 132 valence electrons. The summed E-state index contributed by atoms with van der Waals surface area (Å²) in [4.78, 5) is 12.3. The lowest BCUT2D eigenvalue weighted by Gasteiger charge is -2.30. The molecule has 0 radical (unpaired) electrons. The summed E-state index contributed by atoms with van der Waals surface area (Å²) in [5.74, 6) is -0.252. The van der Waals surface area contributed by atoms with Crippen LogP contribution in [0, 0.1) is 0 Å². The van der Waals surface area contributed by atoms with Crippen LogP contribution in [0.4, 0.5) is 5.69 Å².